The average Bonchev–Trinajstić information content (AvgIpc) is 3.19. The Balaban J connectivity index is 0.00000408. The van der Waals surface area contributed by atoms with Gasteiger partial charge in [-0.1, -0.05) is 43.4 Å². The molecule has 0 N–H and O–H groups in total. The molecule has 1 amide bonds. The van der Waals surface area contributed by atoms with Gasteiger partial charge in [0.1, 0.15) is 5.75 Å². The Hall–Kier alpha value is -2.05. The van der Waals surface area contributed by atoms with Gasteiger partial charge in [0.25, 0.3) is 0 Å². The van der Waals surface area contributed by atoms with Gasteiger partial charge in [0.2, 0.25) is 5.91 Å². The first-order valence-corrected chi connectivity index (χ1v) is 14.8. The number of hydrogen-bond acceptors (Lipinski definition) is 8. The molecule has 0 fully saturated rings. The Labute approximate surface area is 210 Å². The van der Waals surface area contributed by atoms with Crippen LogP contribution < -0.4 is 4.90 Å². The van der Waals surface area contributed by atoms with Crippen molar-refractivity contribution < 1.29 is 21.6 Å². The third-order valence-corrected chi connectivity index (χ3v) is 9.03. The van der Waals surface area contributed by atoms with Crippen molar-refractivity contribution in [1.29, 1.82) is 0 Å². The second kappa shape index (κ2) is 11.6. The minimum absolute atomic E-state index is 0. The number of thiazole rings is 1. The predicted octanol–water partition coefficient (Wildman–Crippen LogP) is 3.27. The van der Waals surface area contributed by atoms with Crippen LogP contribution in [0.4, 0.5) is 5.13 Å². The molecule has 0 unspecified atom stereocenters. The maximum Gasteiger partial charge on any atom is 0.244 e. The van der Waals surface area contributed by atoms with E-state index in [1.54, 1.807) is 24.3 Å². The Kier molecular flexibility index (Phi) is 9.61. The lowest BCUT2D eigenvalue weighted by Gasteiger charge is -2.24. The normalized spacial score (nSPS) is 12.0. The Morgan fingerprint density at radius 3 is 2.18 bits per heavy atom. The van der Waals surface area contributed by atoms with E-state index in [4.69, 9.17) is 0 Å². The molecule has 0 atom stereocenters. The van der Waals surface area contributed by atoms with E-state index in [9.17, 15) is 21.6 Å². The van der Waals surface area contributed by atoms with Crippen LogP contribution in [0.2, 0.25) is 0 Å². The van der Waals surface area contributed by atoms with Crippen molar-refractivity contribution in [1.82, 2.24) is 9.88 Å². The Morgan fingerprint density at radius 2 is 1.59 bits per heavy atom. The topological polar surface area (TPSA) is 105 Å². The molecule has 34 heavy (non-hydrogen) atoms. The largest absolute Gasteiger partial charge is 0.302 e. The van der Waals surface area contributed by atoms with Gasteiger partial charge in [-0.05, 0) is 43.4 Å². The number of halogens is 1. The van der Waals surface area contributed by atoms with Gasteiger partial charge in [-0.3, -0.25) is 9.69 Å². The van der Waals surface area contributed by atoms with Crippen LogP contribution in [0.15, 0.2) is 58.3 Å². The summed E-state index contributed by atoms with van der Waals surface area (Å²) in [6.45, 7) is 6.43. The number of nitrogens with zero attached hydrogens (tertiary/aromatic N) is 3. The lowest BCUT2D eigenvalue weighted by Crippen LogP contribution is -2.41. The molecule has 12 heteroatoms. The molecular formula is C22H28ClN3O5S3. The summed E-state index contributed by atoms with van der Waals surface area (Å²) < 4.78 is 50.1. The molecule has 3 aromatic rings. The average molecular weight is 546 g/mol. The van der Waals surface area contributed by atoms with Gasteiger partial charge in [-0.15, -0.1) is 12.4 Å². The predicted molar refractivity (Wildman–Crippen MR) is 139 cm³/mol. The zero-order valence-electron chi connectivity index (χ0n) is 19.2. The number of benzene rings is 2. The summed E-state index contributed by atoms with van der Waals surface area (Å²) in [5.41, 5.74) is 0.550. The summed E-state index contributed by atoms with van der Waals surface area (Å²) in [6, 6.07) is 12.5. The molecule has 1 aromatic heterocycles. The van der Waals surface area contributed by atoms with Crippen LogP contribution in [0, 0.1) is 0 Å². The number of carbonyl (C=O) groups excluding carboxylic acids is 1. The van der Waals surface area contributed by atoms with Gasteiger partial charge in [0.15, 0.2) is 24.8 Å². The van der Waals surface area contributed by atoms with Crippen molar-refractivity contribution in [2.45, 2.75) is 23.6 Å². The Bertz CT molecular complexity index is 1340. The van der Waals surface area contributed by atoms with Crippen molar-refractivity contribution >= 4 is 64.7 Å². The number of carbonyl (C=O) groups is 1. The molecule has 3 rings (SSSR count). The summed E-state index contributed by atoms with van der Waals surface area (Å²) in [4.78, 5) is 21.5. The smallest absolute Gasteiger partial charge is 0.244 e. The van der Waals surface area contributed by atoms with E-state index < -0.39 is 31.3 Å². The first-order chi connectivity index (χ1) is 15.5. The summed E-state index contributed by atoms with van der Waals surface area (Å²) in [5, 5.41) is 0.344. The van der Waals surface area contributed by atoms with E-state index in [-0.39, 0.29) is 28.7 Å². The second-order valence-electron chi connectivity index (χ2n) is 7.54. The van der Waals surface area contributed by atoms with Gasteiger partial charge < -0.3 is 4.90 Å². The van der Waals surface area contributed by atoms with Crippen molar-refractivity contribution in [2.24, 2.45) is 0 Å². The maximum absolute atomic E-state index is 13.2. The highest BCUT2D eigenvalue weighted by molar-refractivity contribution is 7.92. The summed E-state index contributed by atoms with van der Waals surface area (Å²) in [5.74, 6) is -1.26. The van der Waals surface area contributed by atoms with Gasteiger partial charge in [0, 0.05) is 19.3 Å². The van der Waals surface area contributed by atoms with Crippen molar-refractivity contribution in [3.63, 3.8) is 0 Å². The first kappa shape index (κ1) is 28.2. The van der Waals surface area contributed by atoms with E-state index in [2.05, 4.69) is 9.88 Å². The number of rotatable bonds is 10. The molecule has 0 saturated carbocycles. The molecule has 1 heterocycles. The summed E-state index contributed by atoms with van der Waals surface area (Å²) in [6.07, 6.45) is 1.13. The Morgan fingerprint density at radius 1 is 0.941 bits per heavy atom. The van der Waals surface area contributed by atoms with Crippen LogP contribution >= 0.6 is 23.7 Å². The SMILES string of the molecule is CCN(CC)CCN(C(=O)CS(=O)(=O)c1ccccc1)c1nc2ccc(S(C)(=O)=O)cc2s1.Cl. The van der Waals surface area contributed by atoms with Crippen LogP contribution in [0.25, 0.3) is 10.2 Å². The fraction of sp³-hybridized carbons (Fsp3) is 0.364. The minimum Gasteiger partial charge on any atom is -0.302 e. The number of anilines is 1. The zero-order chi connectivity index (χ0) is 24.2. The number of likely N-dealkylation sites (N-methyl/N-ethyl adjacent to an activating group) is 1. The number of sulfone groups is 2. The second-order valence-corrected chi connectivity index (χ2v) is 12.6. The molecule has 0 spiro atoms. The van der Waals surface area contributed by atoms with E-state index in [0.29, 0.717) is 21.9 Å². The maximum atomic E-state index is 13.2. The molecule has 0 aliphatic rings. The number of aromatic nitrogens is 1. The standard InChI is InChI=1S/C22H27N3O5S3.ClH/c1-4-24(5-2)13-14-25(21(26)16-33(29,30)17-9-7-6-8-10-17)22-23-19-12-11-18(32(3,27)28)15-20(19)31-22;/h6-12,15H,4-5,13-14,16H2,1-3H3;1H. The monoisotopic (exact) mass is 545 g/mol. The summed E-state index contributed by atoms with van der Waals surface area (Å²) >= 11 is 1.17. The van der Waals surface area contributed by atoms with E-state index in [1.165, 1.54) is 40.5 Å². The fourth-order valence-electron chi connectivity index (χ4n) is 3.30. The number of fused-ring (bicyclic) bond motifs is 1. The number of hydrogen-bond donors (Lipinski definition) is 0. The third kappa shape index (κ3) is 6.76. The van der Waals surface area contributed by atoms with E-state index >= 15 is 0 Å². The molecule has 0 aliphatic carbocycles. The molecule has 2 aromatic carbocycles. The number of amides is 1. The van der Waals surface area contributed by atoms with Crippen LogP contribution in [0.1, 0.15) is 13.8 Å². The molecule has 186 valence electrons. The molecule has 0 saturated heterocycles. The van der Waals surface area contributed by atoms with Gasteiger partial charge >= 0.3 is 0 Å². The molecule has 8 nitrogen and oxygen atoms in total. The molecule has 0 bridgehead atoms. The van der Waals surface area contributed by atoms with Crippen molar-refractivity contribution in [2.75, 3.05) is 43.1 Å². The van der Waals surface area contributed by atoms with Crippen LogP contribution in [0.3, 0.4) is 0 Å². The molecule has 0 radical (unpaired) electrons. The minimum atomic E-state index is -3.83. The van der Waals surface area contributed by atoms with E-state index in [1.807, 2.05) is 13.8 Å². The van der Waals surface area contributed by atoms with Gasteiger partial charge in [-0.2, -0.15) is 0 Å². The first-order valence-electron chi connectivity index (χ1n) is 10.5. The van der Waals surface area contributed by atoms with Crippen molar-refractivity contribution in [3.8, 4) is 0 Å². The highest BCUT2D eigenvalue weighted by Gasteiger charge is 2.27. The fourth-order valence-corrected chi connectivity index (χ4v) is 6.29. The third-order valence-electron chi connectivity index (χ3n) is 5.26. The zero-order valence-corrected chi connectivity index (χ0v) is 22.4. The lowest BCUT2D eigenvalue weighted by atomic mass is 10.3. The summed E-state index contributed by atoms with van der Waals surface area (Å²) in [7, 11) is -7.22. The van der Waals surface area contributed by atoms with E-state index in [0.717, 1.165) is 19.3 Å². The van der Waals surface area contributed by atoms with Crippen LogP contribution in [-0.4, -0.2) is 70.8 Å². The molecular weight excluding hydrogens is 518 g/mol. The van der Waals surface area contributed by atoms with Crippen LogP contribution in [0.5, 0.6) is 0 Å². The lowest BCUT2D eigenvalue weighted by molar-refractivity contribution is -0.116. The molecule has 0 aliphatic heterocycles. The highest BCUT2D eigenvalue weighted by Crippen LogP contribution is 2.31. The highest BCUT2D eigenvalue weighted by atomic mass is 35.5. The van der Waals surface area contributed by atoms with Gasteiger partial charge in [0.05, 0.1) is 20.0 Å². The van der Waals surface area contributed by atoms with Crippen LogP contribution in [-0.2, 0) is 24.5 Å². The van der Waals surface area contributed by atoms with Gasteiger partial charge in [-0.25, -0.2) is 21.8 Å². The van der Waals surface area contributed by atoms with Crippen molar-refractivity contribution in [3.05, 3.63) is 48.5 Å². The quantitative estimate of drug-likeness (QED) is 0.385.